The molecule has 3 aromatic rings. The van der Waals surface area contributed by atoms with E-state index in [4.69, 9.17) is 15.2 Å². The largest absolute Gasteiger partial charge is 0.496 e. The van der Waals surface area contributed by atoms with Gasteiger partial charge in [0.25, 0.3) is 0 Å². The molecule has 2 aromatic carbocycles. The maximum atomic E-state index is 14.4. The fourth-order valence-corrected chi connectivity index (χ4v) is 7.82. The quantitative estimate of drug-likeness (QED) is 0.275. The molecule has 0 unspecified atom stereocenters. The number of methoxy groups -OCH3 is 1. The summed E-state index contributed by atoms with van der Waals surface area (Å²) in [5.74, 6) is 2.03. The summed E-state index contributed by atoms with van der Waals surface area (Å²) in [7, 11) is 1.72. The van der Waals surface area contributed by atoms with Gasteiger partial charge in [0.05, 0.1) is 19.3 Å². The lowest BCUT2D eigenvalue weighted by Gasteiger charge is -2.38. The Kier molecular flexibility index (Phi) is 9.26. The number of aromatic nitrogens is 2. The molecule has 250 valence electrons. The van der Waals surface area contributed by atoms with Gasteiger partial charge in [-0.05, 0) is 118 Å². The molecular formula is C38H49N5O4. The first-order valence-corrected chi connectivity index (χ1v) is 17.7. The number of rotatable bonds is 9. The summed E-state index contributed by atoms with van der Waals surface area (Å²) in [6.45, 7) is 3.96. The second-order valence-corrected chi connectivity index (χ2v) is 14.4. The minimum absolute atomic E-state index is 0.0523. The predicted molar refractivity (Wildman–Crippen MR) is 182 cm³/mol. The monoisotopic (exact) mass is 639 g/mol. The maximum absolute atomic E-state index is 14.4. The van der Waals surface area contributed by atoms with Crippen molar-refractivity contribution in [3.8, 4) is 16.9 Å². The van der Waals surface area contributed by atoms with Gasteiger partial charge in [-0.1, -0.05) is 24.3 Å². The summed E-state index contributed by atoms with van der Waals surface area (Å²) in [4.78, 5) is 30.6. The molecule has 1 aromatic heterocycles. The third-order valence-electron chi connectivity index (χ3n) is 10.9. The summed E-state index contributed by atoms with van der Waals surface area (Å²) in [5.41, 5.74) is 11.6. The molecule has 4 fully saturated rings. The number of aryl methyl sites for hydroxylation is 1. The average Bonchev–Trinajstić information content (AvgIpc) is 3.81. The number of benzene rings is 2. The first-order valence-electron chi connectivity index (χ1n) is 17.7. The van der Waals surface area contributed by atoms with E-state index in [0.29, 0.717) is 43.8 Å². The summed E-state index contributed by atoms with van der Waals surface area (Å²) >= 11 is 0. The zero-order chi connectivity index (χ0) is 32.5. The van der Waals surface area contributed by atoms with E-state index >= 15 is 0 Å². The average molecular weight is 640 g/mol. The van der Waals surface area contributed by atoms with Crippen LogP contribution in [0.4, 0.5) is 10.5 Å². The van der Waals surface area contributed by atoms with Gasteiger partial charge in [-0.15, -0.1) is 0 Å². The Balaban J connectivity index is 1.04. The standard InChI is InChI=1S/C38H49N5O4/c1-25-18-30(12-17-36(25)46-2)27-8-6-26(7-9-27)21-42(34-5-3-4-29(19-34)31-20-40-43(22-31)33-13-14-33)37(44)28-10-15-35(16-11-28)47-38(45)41-23-32(39)24-41/h3-5,12,17-20,22,26-28,32-33,35H,6-11,13-16,21,23-24,39H2,1-2H3/t26-,27-,28-,35-. The van der Waals surface area contributed by atoms with Crippen molar-refractivity contribution in [1.29, 1.82) is 0 Å². The van der Waals surface area contributed by atoms with Crippen LogP contribution in [0, 0.1) is 18.8 Å². The molecule has 7 rings (SSSR count). The smallest absolute Gasteiger partial charge is 0.410 e. The molecule has 47 heavy (non-hydrogen) atoms. The van der Waals surface area contributed by atoms with Crippen molar-refractivity contribution in [2.45, 2.75) is 95.2 Å². The van der Waals surface area contributed by atoms with Crippen LogP contribution in [0.2, 0.25) is 0 Å². The summed E-state index contributed by atoms with van der Waals surface area (Å²) in [5, 5.41) is 4.61. The molecule has 3 saturated carbocycles. The molecule has 1 saturated heterocycles. The van der Waals surface area contributed by atoms with Crippen molar-refractivity contribution >= 4 is 17.7 Å². The van der Waals surface area contributed by atoms with Crippen LogP contribution in [0.25, 0.3) is 11.1 Å². The number of nitrogens with two attached hydrogens (primary N) is 1. The van der Waals surface area contributed by atoms with Crippen LogP contribution in [-0.4, -0.2) is 65.6 Å². The summed E-state index contributed by atoms with van der Waals surface area (Å²) in [6, 6.07) is 15.6. The Labute approximate surface area is 278 Å². The van der Waals surface area contributed by atoms with Crippen molar-refractivity contribution in [2.24, 2.45) is 17.6 Å². The van der Waals surface area contributed by atoms with Gasteiger partial charge >= 0.3 is 6.09 Å². The Hall–Kier alpha value is -3.85. The van der Waals surface area contributed by atoms with E-state index in [1.54, 1.807) is 12.0 Å². The van der Waals surface area contributed by atoms with Crippen molar-refractivity contribution < 1.29 is 19.1 Å². The fraction of sp³-hybridized carbons (Fsp3) is 0.553. The molecule has 4 aliphatic rings. The van der Waals surface area contributed by atoms with Gasteiger partial charge in [0, 0.05) is 49.0 Å². The topological polar surface area (TPSA) is 103 Å². The Morgan fingerprint density at radius 1 is 0.936 bits per heavy atom. The van der Waals surface area contributed by atoms with Crippen LogP contribution in [0.15, 0.2) is 54.9 Å². The van der Waals surface area contributed by atoms with Crippen LogP contribution in [0.1, 0.15) is 87.3 Å². The maximum Gasteiger partial charge on any atom is 0.410 e. The van der Waals surface area contributed by atoms with Gasteiger partial charge in [-0.25, -0.2) is 4.79 Å². The molecule has 2 N–H and O–H groups in total. The molecule has 0 spiro atoms. The van der Waals surface area contributed by atoms with Crippen molar-refractivity contribution in [2.75, 3.05) is 31.6 Å². The van der Waals surface area contributed by atoms with Gasteiger partial charge in [0.1, 0.15) is 11.9 Å². The van der Waals surface area contributed by atoms with Crippen LogP contribution < -0.4 is 15.4 Å². The highest BCUT2D eigenvalue weighted by Gasteiger charge is 2.36. The molecule has 9 nitrogen and oxygen atoms in total. The summed E-state index contributed by atoms with van der Waals surface area (Å²) < 4.78 is 13.3. The first kappa shape index (κ1) is 31.7. The Morgan fingerprint density at radius 2 is 1.70 bits per heavy atom. The predicted octanol–water partition coefficient (Wildman–Crippen LogP) is 6.85. The number of nitrogens with zero attached hydrogens (tertiary/aromatic N) is 4. The third kappa shape index (κ3) is 7.20. The molecule has 3 aliphatic carbocycles. The van der Waals surface area contributed by atoms with E-state index in [1.807, 2.05) is 6.20 Å². The minimum Gasteiger partial charge on any atom is -0.496 e. The number of likely N-dealkylation sites (tertiary alicyclic amines) is 1. The lowest BCUT2D eigenvalue weighted by atomic mass is 9.78. The van der Waals surface area contributed by atoms with Crippen LogP contribution in [-0.2, 0) is 9.53 Å². The Morgan fingerprint density at radius 3 is 2.38 bits per heavy atom. The number of hydrogen-bond acceptors (Lipinski definition) is 6. The zero-order valence-corrected chi connectivity index (χ0v) is 27.9. The van der Waals surface area contributed by atoms with E-state index in [0.717, 1.165) is 67.6 Å². The zero-order valence-electron chi connectivity index (χ0n) is 27.9. The van der Waals surface area contributed by atoms with Gasteiger partial charge in [-0.2, -0.15) is 5.10 Å². The van der Waals surface area contributed by atoms with E-state index < -0.39 is 0 Å². The highest BCUT2D eigenvalue weighted by molar-refractivity contribution is 5.95. The van der Waals surface area contributed by atoms with E-state index in [1.165, 1.54) is 24.0 Å². The minimum atomic E-state index is -0.273. The second kappa shape index (κ2) is 13.7. The van der Waals surface area contributed by atoms with E-state index in [9.17, 15) is 9.59 Å². The van der Waals surface area contributed by atoms with Crippen molar-refractivity contribution in [3.63, 3.8) is 0 Å². The SMILES string of the molecule is COc1ccc([C@H]2CC[C@H](CN(c3cccc(-c4cnn(C5CC5)c4)c3)C(=O)[C@H]3CC[C@H](OC(=O)N4CC(N)C4)CC3)CC2)cc1C. The highest BCUT2D eigenvalue weighted by Crippen LogP contribution is 2.40. The molecule has 2 amide bonds. The number of carbonyl (C=O) groups excluding carboxylic acids is 2. The molecule has 0 bridgehead atoms. The normalized spacial score (nSPS) is 24.8. The number of amides is 2. The van der Waals surface area contributed by atoms with E-state index in [2.05, 4.69) is 70.3 Å². The van der Waals surface area contributed by atoms with Gasteiger partial charge < -0.3 is 25.0 Å². The van der Waals surface area contributed by atoms with Crippen LogP contribution in [0.5, 0.6) is 5.75 Å². The number of ether oxygens (including phenoxy) is 2. The molecule has 1 aliphatic heterocycles. The lowest BCUT2D eigenvalue weighted by molar-refractivity contribution is -0.124. The van der Waals surface area contributed by atoms with Crippen molar-refractivity contribution in [1.82, 2.24) is 14.7 Å². The third-order valence-corrected chi connectivity index (χ3v) is 10.9. The van der Waals surface area contributed by atoms with Gasteiger partial charge in [0.15, 0.2) is 0 Å². The summed E-state index contributed by atoms with van der Waals surface area (Å²) in [6.07, 6.45) is 13.4. The molecule has 0 atom stereocenters. The molecule has 0 radical (unpaired) electrons. The number of hydrogen-bond donors (Lipinski definition) is 1. The van der Waals surface area contributed by atoms with Crippen LogP contribution >= 0.6 is 0 Å². The number of carbonyl (C=O) groups is 2. The second-order valence-electron chi connectivity index (χ2n) is 14.4. The van der Waals surface area contributed by atoms with Crippen LogP contribution in [0.3, 0.4) is 0 Å². The number of anilines is 1. The molecule has 9 heteroatoms. The first-order chi connectivity index (χ1) is 22.8. The fourth-order valence-electron chi connectivity index (χ4n) is 7.82. The van der Waals surface area contributed by atoms with Gasteiger partial charge in [0.2, 0.25) is 5.91 Å². The van der Waals surface area contributed by atoms with Crippen molar-refractivity contribution in [3.05, 3.63) is 66.0 Å². The highest BCUT2D eigenvalue weighted by atomic mass is 16.6. The molecule has 2 heterocycles. The Bertz CT molecular complexity index is 1560. The molecular weight excluding hydrogens is 590 g/mol. The van der Waals surface area contributed by atoms with E-state index in [-0.39, 0.29) is 30.1 Å². The lowest BCUT2D eigenvalue weighted by Crippen LogP contribution is -2.58. The van der Waals surface area contributed by atoms with Gasteiger partial charge in [-0.3, -0.25) is 9.48 Å².